The number of carbonyl (C=O) groups excluding carboxylic acids is 2. The summed E-state index contributed by atoms with van der Waals surface area (Å²) in [5.74, 6) is -2.98. The van der Waals surface area contributed by atoms with Crippen LogP contribution < -0.4 is 5.32 Å². The largest absolute Gasteiger partial charge is 0.467 e. The standard InChI is InChI=1S/C11H11F2NO3/c1-6(15)14-10(11(16)17-2)7-3-8(12)5-9(13)4-7/h3-5,10H,1-2H3,(H,14,15)/t10-/m1/s1. The van der Waals surface area contributed by atoms with Gasteiger partial charge in [-0.05, 0) is 17.7 Å². The highest BCUT2D eigenvalue weighted by Gasteiger charge is 2.23. The Morgan fingerprint density at radius 1 is 1.24 bits per heavy atom. The summed E-state index contributed by atoms with van der Waals surface area (Å²) in [6, 6.07) is 1.37. The molecule has 4 nitrogen and oxygen atoms in total. The molecule has 0 saturated carbocycles. The van der Waals surface area contributed by atoms with Crippen molar-refractivity contribution in [1.82, 2.24) is 5.32 Å². The highest BCUT2D eigenvalue weighted by atomic mass is 19.1. The van der Waals surface area contributed by atoms with Gasteiger partial charge in [0.05, 0.1) is 7.11 Å². The van der Waals surface area contributed by atoms with E-state index >= 15 is 0 Å². The van der Waals surface area contributed by atoms with Crippen molar-refractivity contribution >= 4 is 11.9 Å². The maximum atomic E-state index is 13.0. The SMILES string of the molecule is COC(=O)[C@H](NC(C)=O)c1cc(F)cc(F)c1. The lowest BCUT2D eigenvalue weighted by atomic mass is 10.1. The van der Waals surface area contributed by atoms with Gasteiger partial charge in [-0.25, -0.2) is 13.6 Å². The van der Waals surface area contributed by atoms with Crippen LogP contribution in [0, 0.1) is 11.6 Å². The molecule has 1 N–H and O–H groups in total. The summed E-state index contributed by atoms with van der Waals surface area (Å²) in [7, 11) is 1.12. The van der Waals surface area contributed by atoms with Gasteiger partial charge in [-0.1, -0.05) is 0 Å². The third kappa shape index (κ3) is 3.51. The first kappa shape index (κ1) is 13.1. The molecule has 17 heavy (non-hydrogen) atoms. The fourth-order valence-electron chi connectivity index (χ4n) is 1.34. The van der Waals surface area contributed by atoms with Crippen molar-refractivity contribution in [1.29, 1.82) is 0 Å². The van der Waals surface area contributed by atoms with E-state index in [1.165, 1.54) is 6.92 Å². The molecule has 0 aliphatic heterocycles. The van der Waals surface area contributed by atoms with Crippen molar-refractivity contribution in [3.63, 3.8) is 0 Å². The Morgan fingerprint density at radius 2 is 1.76 bits per heavy atom. The van der Waals surface area contributed by atoms with Crippen LogP contribution >= 0.6 is 0 Å². The van der Waals surface area contributed by atoms with Gasteiger partial charge in [0, 0.05) is 13.0 Å². The van der Waals surface area contributed by atoms with Crippen LogP contribution in [0.3, 0.4) is 0 Å². The van der Waals surface area contributed by atoms with Gasteiger partial charge >= 0.3 is 5.97 Å². The number of methoxy groups -OCH3 is 1. The number of halogens is 2. The van der Waals surface area contributed by atoms with Crippen LogP contribution in [0.25, 0.3) is 0 Å². The van der Waals surface area contributed by atoms with Gasteiger partial charge in [-0.3, -0.25) is 4.79 Å². The van der Waals surface area contributed by atoms with E-state index in [1.807, 2.05) is 0 Å². The van der Waals surface area contributed by atoms with Crippen LogP contribution in [-0.2, 0) is 14.3 Å². The number of benzene rings is 1. The van der Waals surface area contributed by atoms with E-state index in [1.54, 1.807) is 0 Å². The quantitative estimate of drug-likeness (QED) is 0.814. The van der Waals surface area contributed by atoms with E-state index in [9.17, 15) is 18.4 Å². The Labute approximate surface area is 96.6 Å². The van der Waals surface area contributed by atoms with Crippen LogP contribution in [0.15, 0.2) is 18.2 Å². The normalized spacial score (nSPS) is 11.8. The van der Waals surface area contributed by atoms with Gasteiger partial charge in [0.15, 0.2) is 6.04 Å². The summed E-state index contributed by atoms with van der Waals surface area (Å²) in [6.45, 7) is 1.19. The van der Waals surface area contributed by atoms with Gasteiger partial charge in [-0.15, -0.1) is 0 Å². The Hall–Kier alpha value is -1.98. The zero-order valence-electron chi connectivity index (χ0n) is 9.29. The van der Waals surface area contributed by atoms with Crippen LogP contribution in [0.4, 0.5) is 8.78 Å². The van der Waals surface area contributed by atoms with E-state index in [4.69, 9.17) is 0 Å². The first-order valence-corrected chi connectivity index (χ1v) is 4.75. The summed E-state index contributed by atoms with van der Waals surface area (Å²) in [6.07, 6.45) is 0. The van der Waals surface area contributed by atoms with Crippen molar-refractivity contribution in [3.05, 3.63) is 35.4 Å². The summed E-state index contributed by atoms with van der Waals surface area (Å²) >= 11 is 0. The molecule has 0 saturated heterocycles. The minimum atomic E-state index is -1.22. The molecule has 1 amide bonds. The van der Waals surface area contributed by atoms with E-state index in [2.05, 4.69) is 10.1 Å². The van der Waals surface area contributed by atoms with E-state index in [-0.39, 0.29) is 5.56 Å². The maximum Gasteiger partial charge on any atom is 0.333 e. The number of amides is 1. The predicted octanol–water partition coefficient (Wildman–Crippen LogP) is 1.31. The molecule has 0 aliphatic carbocycles. The minimum Gasteiger partial charge on any atom is -0.467 e. The number of hydrogen-bond donors (Lipinski definition) is 1. The second-order valence-corrected chi connectivity index (χ2v) is 3.36. The summed E-state index contributed by atoms with van der Waals surface area (Å²) in [4.78, 5) is 22.3. The lowest BCUT2D eigenvalue weighted by molar-refractivity contribution is -0.145. The van der Waals surface area contributed by atoms with E-state index in [0.29, 0.717) is 6.07 Å². The van der Waals surface area contributed by atoms with Gasteiger partial charge in [0.25, 0.3) is 0 Å². The predicted molar refractivity (Wildman–Crippen MR) is 54.9 cm³/mol. The minimum absolute atomic E-state index is 0.00968. The molecule has 1 aromatic rings. The summed E-state index contributed by atoms with van der Waals surface area (Å²) < 4.78 is 30.4. The van der Waals surface area contributed by atoms with Crippen LogP contribution in [-0.4, -0.2) is 19.0 Å². The molecule has 1 atom stereocenters. The lowest BCUT2D eigenvalue weighted by Gasteiger charge is -2.15. The molecule has 92 valence electrons. The van der Waals surface area contributed by atoms with Gasteiger partial charge in [0.1, 0.15) is 11.6 Å². The van der Waals surface area contributed by atoms with Crippen molar-refractivity contribution in [2.75, 3.05) is 7.11 Å². The molecule has 0 aliphatic rings. The first-order chi connectivity index (χ1) is 7.93. The first-order valence-electron chi connectivity index (χ1n) is 4.75. The Kier molecular flexibility index (Phi) is 4.14. The zero-order valence-corrected chi connectivity index (χ0v) is 9.29. The molecule has 0 radical (unpaired) electrons. The third-order valence-electron chi connectivity index (χ3n) is 2.00. The number of carbonyl (C=O) groups is 2. The molecule has 1 aromatic carbocycles. The smallest absolute Gasteiger partial charge is 0.333 e. The number of esters is 1. The van der Waals surface area contributed by atoms with Crippen molar-refractivity contribution in [3.8, 4) is 0 Å². The molecule has 0 heterocycles. The third-order valence-corrected chi connectivity index (χ3v) is 2.00. The van der Waals surface area contributed by atoms with Crippen LogP contribution in [0.1, 0.15) is 18.5 Å². The topological polar surface area (TPSA) is 55.4 Å². The monoisotopic (exact) mass is 243 g/mol. The molecule has 0 aromatic heterocycles. The molecule has 1 rings (SSSR count). The summed E-state index contributed by atoms with van der Waals surface area (Å²) in [5.41, 5.74) is -0.00968. The number of nitrogens with one attached hydrogen (secondary N) is 1. The van der Waals surface area contributed by atoms with E-state index in [0.717, 1.165) is 19.2 Å². The average Bonchev–Trinajstić information content (AvgIpc) is 2.23. The van der Waals surface area contributed by atoms with Crippen molar-refractivity contribution in [2.24, 2.45) is 0 Å². The number of ether oxygens (including phenoxy) is 1. The Morgan fingerprint density at radius 3 is 2.18 bits per heavy atom. The molecule has 0 fully saturated rings. The number of rotatable bonds is 3. The lowest BCUT2D eigenvalue weighted by Crippen LogP contribution is -2.33. The fourth-order valence-corrected chi connectivity index (χ4v) is 1.34. The number of hydrogen-bond acceptors (Lipinski definition) is 3. The molecular weight excluding hydrogens is 232 g/mol. The molecule has 0 bridgehead atoms. The maximum absolute atomic E-state index is 13.0. The van der Waals surface area contributed by atoms with Gasteiger partial charge in [0.2, 0.25) is 5.91 Å². The van der Waals surface area contributed by atoms with Crippen LogP contribution in [0.5, 0.6) is 0 Å². The van der Waals surface area contributed by atoms with Gasteiger partial charge < -0.3 is 10.1 Å². The Balaban J connectivity index is 3.11. The van der Waals surface area contributed by atoms with Crippen molar-refractivity contribution < 1.29 is 23.1 Å². The molecule has 6 heteroatoms. The molecular formula is C11H11F2NO3. The highest BCUT2D eigenvalue weighted by molar-refractivity contribution is 5.84. The average molecular weight is 243 g/mol. The molecule has 0 unspecified atom stereocenters. The fraction of sp³-hybridized carbons (Fsp3) is 0.273. The second-order valence-electron chi connectivity index (χ2n) is 3.36. The van der Waals surface area contributed by atoms with E-state index < -0.39 is 29.6 Å². The van der Waals surface area contributed by atoms with Crippen LogP contribution in [0.2, 0.25) is 0 Å². The van der Waals surface area contributed by atoms with Crippen molar-refractivity contribution in [2.45, 2.75) is 13.0 Å². The Bertz CT molecular complexity index is 428. The highest BCUT2D eigenvalue weighted by Crippen LogP contribution is 2.17. The summed E-state index contributed by atoms with van der Waals surface area (Å²) in [5, 5.41) is 2.25. The van der Waals surface area contributed by atoms with Gasteiger partial charge in [-0.2, -0.15) is 0 Å². The second kappa shape index (κ2) is 5.38. The molecule has 0 spiro atoms. The zero-order chi connectivity index (χ0) is 13.0.